The second-order valence-corrected chi connectivity index (χ2v) is 4.50. The summed E-state index contributed by atoms with van der Waals surface area (Å²) in [7, 11) is 1.33. The number of amides is 1. The van der Waals surface area contributed by atoms with Crippen molar-refractivity contribution < 1.29 is 14.3 Å². The van der Waals surface area contributed by atoms with E-state index in [4.69, 9.17) is 10.5 Å². The summed E-state index contributed by atoms with van der Waals surface area (Å²) in [6, 6.07) is 8.20. The molecule has 112 valence electrons. The van der Waals surface area contributed by atoms with Gasteiger partial charge in [-0.1, -0.05) is 30.3 Å². The van der Waals surface area contributed by atoms with Crippen molar-refractivity contribution in [3.63, 3.8) is 0 Å². The number of hydrogen-bond acceptors (Lipinski definition) is 4. The summed E-state index contributed by atoms with van der Waals surface area (Å²) < 4.78 is 4.74. The minimum Gasteiger partial charge on any atom is -0.469 e. The highest BCUT2D eigenvalue weighted by Crippen LogP contribution is 2.23. The van der Waals surface area contributed by atoms with Gasteiger partial charge in [0.25, 0.3) is 0 Å². The van der Waals surface area contributed by atoms with Crippen LogP contribution in [0.4, 0.5) is 0 Å². The summed E-state index contributed by atoms with van der Waals surface area (Å²) in [5, 5.41) is 2.78. The zero-order chi connectivity index (χ0) is 14.4. The van der Waals surface area contributed by atoms with Gasteiger partial charge in [0.15, 0.2) is 0 Å². The smallest absolute Gasteiger partial charge is 0.310 e. The molecule has 0 radical (unpaired) electrons. The van der Waals surface area contributed by atoms with Crippen LogP contribution in [-0.4, -0.2) is 25.0 Å². The molecule has 3 atom stereocenters. The fraction of sp³-hybridized carbons (Fsp3) is 0.429. The predicted molar refractivity (Wildman–Crippen MR) is 79.4 cm³/mol. The van der Waals surface area contributed by atoms with Gasteiger partial charge in [0, 0.05) is 0 Å². The number of halogens is 1. The zero-order valence-corrected chi connectivity index (χ0v) is 12.6. The van der Waals surface area contributed by atoms with Crippen LogP contribution in [0, 0.1) is 5.92 Å². The lowest BCUT2D eigenvalue weighted by molar-refractivity contribution is -0.146. The molecule has 0 saturated carbocycles. The van der Waals surface area contributed by atoms with E-state index in [-0.39, 0.29) is 24.3 Å². The number of methoxy groups -OCH3 is 1. The van der Waals surface area contributed by atoms with Gasteiger partial charge < -0.3 is 15.8 Å². The van der Waals surface area contributed by atoms with E-state index in [0.717, 1.165) is 5.56 Å². The molecule has 1 aromatic rings. The van der Waals surface area contributed by atoms with Gasteiger partial charge >= 0.3 is 5.97 Å². The molecular weight excluding hydrogens is 280 g/mol. The standard InChI is InChI=1S/C14H20N2O3.ClH/c1-9(14(18)19-3)12(16-13(17)10(2)15)11-7-5-4-6-8-11;/h4-10,12H,15H2,1-3H3,(H,16,17);1H/t9?,10-,12?;/m1./s1. The molecule has 0 aliphatic carbocycles. The van der Waals surface area contributed by atoms with Crippen molar-refractivity contribution in [3.05, 3.63) is 35.9 Å². The number of carbonyl (C=O) groups excluding carboxylic acids is 2. The normalized spacial score (nSPS) is 14.4. The molecule has 0 bridgehead atoms. The second-order valence-electron chi connectivity index (χ2n) is 4.50. The van der Waals surface area contributed by atoms with Crippen LogP contribution in [0.25, 0.3) is 0 Å². The maximum absolute atomic E-state index is 11.8. The molecule has 1 amide bonds. The molecule has 20 heavy (non-hydrogen) atoms. The van der Waals surface area contributed by atoms with Crippen molar-refractivity contribution in [2.24, 2.45) is 11.7 Å². The first kappa shape index (κ1) is 18.4. The van der Waals surface area contributed by atoms with Crippen LogP contribution in [0.5, 0.6) is 0 Å². The van der Waals surface area contributed by atoms with E-state index >= 15 is 0 Å². The second kappa shape index (κ2) is 8.55. The summed E-state index contributed by atoms with van der Waals surface area (Å²) in [5.41, 5.74) is 6.38. The first-order valence-electron chi connectivity index (χ1n) is 6.16. The Morgan fingerprint density at radius 2 is 1.75 bits per heavy atom. The highest BCUT2D eigenvalue weighted by molar-refractivity contribution is 5.85. The van der Waals surface area contributed by atoms with Crippen LogP contribution in [0.2, 0.25) is 0 Å². The Balaban J connectivity index is 0.00000361. The molecule has 0 aromatic heterocycles. The van der Waals surface area contributed by atoms with E-state index in [0.29, 0.717) is 0 Å². The van der Waals surface area contributed by atoms with Gasteiger partial charge in [-0.15, -0.1) is 12.4 Å². The quantitative estimate of drug-likeness (QED) is 0.806. The topological polar surface area (TPSA) is 81.4 Å². The van der Waals surface area contributed by atoms with Crippen molar-refractivity contribution in [1.82, 2.24) is 5.32 Å². The van der Waals surface area contributed by atoms with Gasteiger partial charge in [-0.05, 0) is 19.4 Å². The lowest BCUT2D eigenvalue weighted by atomic mass is 9.94. The Labute approximate surface area is 125 Å². The van der Waals surface area contributed by atoms with Gasteiger partial charge in [-0.3, -0.25) is 9.59 Å². The number of hydrogen-bond donors (Lipinski definition) is 2. The Hall–Kier alpha value is -1.59. The van der Waals surface area contributed by atoms with Crippen LogP contribution < -0.4 is 11.1 Å². The number of benzene rings is 1. The van der Waals surface area contributed by atoms with Crippen LogP contribution in [0.15, 0.2) is 30.3 Å². The van der Waals surface area contributed by atoms with Crippen molar-refractivity contribution in [1.29, 1.82) is 0 Å². The minimum absolute atomic E-state index is 0. The fourth-order valence-electron chi connectivity index (χ4n) is 1.76. The van der Waals surface area contributed by atoms with Gasteiger partial charge in [-0.2, -0.15) is 0 Å². The van der Waals surface area contributed by atoms with E-state index in [2.05, 4.69) is 5.32 Å². The predicted octanol–water partition coefficient (Wildman–Crippen LogP) is 1.42. The monoisotopic (exact) mass is 300 g/mol. The lowest BCUT2D eigenvalue weighted by Crippen LogP contribution is -2.43. The Kier molecular flexibility index (Phi) is 7.87. The third-order valence-electron chi connectivity index (χ3n) is 2.94. The molecule has 5 nitrogen and oxygen atoms in total. The molecule has 3 N–H and O–H groups in total. The van der Waals surface area contributed by atoms with Crippen LogP contribution in [0.3, 0.4) is 0 Å². The first-order chi connectivity index (χ1) is 8.97. The maximum atomic E-state index is 11.8. The molecule has 6 heteroatoms. The maximum Gasteiger partial charge on any atom is 0.310 e. The Bertz CT molecular complexity index is 437. The van der Waals surface area contributed by atoms with E-state index in [1.165, 1.54) is 7.11 Å². The SMILES string of the molecule is COC(=O)C(C)C(NC(=O)[C@@H](C)N)c1ccccc1.Cl. The third kappa shape index (κ3) is 4.83. The van der Waals surface area contributed by atoms with Crippen molar-refractivity contribution in [2.75, 3.05) is 7.11 Å². The summed E-state index contributed by atoms with van der Waals surface area (Å²) in [6.07, 6.45) is 0. The van der Waals surface area contributed by atoms with Crippen LogP contribution in [-0.2, 0) is 14.3 Å². The molecule has 0 spiro atoms. The van der Waals surface area contributed by atoms with Crippen molar-refractivity contribution >= 4 is 24.3 Å². The number of esters is 1. The van der Waals surface area contributed by atoms with E-state index in [9.17, 15) is 9.59 Å². The largest absolute Gasteiger partial charge is 0.469 e. The number of nitrogens with two attached hydrogens (primary N) is 1. The molecule has 1 aromatic carbocycles. The molecule has 0 heterocycles. The summed E-state index contributed by atoms with van der Waals surface area (Å²) in [5.74, 6) is -1.17. The average Bonchev–Trinajstić information content (AvgIpc) is 2.43. The van der Waals surface area contributed by atoms with E-state index < -0.39 is 18.0 Å². The van der Waals surface area contributed by atoms with Crippen molar-refractivity contribution in [2.45, 2.75) is 25.9 Å². The van der Waals surface area contributed by atoms with E-state index in [1.54, 1.807) is 13.8 Å². The van der Waals surface area contributed by atoms with Crippen LogP contribution in [0.1, 0.15) is 25.5 Å². The van der Waals surface area contributed by atoms with Gasteiger partial charge in [0.2, 0.25) is 5.91 Å². The lowest BCUT2D eigenvalue weighted by Gasteiger charge is -2.24. The van der Waals surface area contributed by atoms with Crippen molar-refractivity contribution in [3.8, 4) is 0 Å². The number of ether oxygens (including phenoxy) is 1. The zero-order valence-electron chi connectivity index (χ0n) is 11.8. The number of carbonyl (C=O) groups is 2. The molecule has 0 fully saturated rings. The first-order valence-corrected chi connectivity index (χ1v) is 6.16. The highest BCUT2D eigenvalue weighted by atomic mass is 35.5. The summed E-state index contributed by atoms with van der Waals surface area (Å²) in [4.78, 5) is 23.4. The molecular formula is C14H21ClN2O3. The molecule has 2 unspecified atom stereocenters. The minimum atomic E-state index is -0.629. The molecule has 0 aliphatic rings. The highest BCUT2D eigenvalue weighted by Gasteiger charge is 2.28. The molecule has 0 aliphatic heterocycles. The molecule has 0 saturated heterocycles. The third-order valence-corrected chi connectivity index (χ3v) is 2.94. The fourth-order valence-corrected chi connectivity index (χ4v) is 1.76. The summed E-state index contributed by atoms with van der Waals surface area (Å²) >= 11 is 0. The summed E-state index contributed by atoms with van der Waals surface area (Å²) in [6.45, 7) is 3.31. The average molecular weight is 301 g/mol. The van der Waals surface area contributed by atoms with E-state index in [1.807, 2.05) is 30.3 Å². The van der Waals surface area contributed by atoms with Gasteiger partial charge in [-0.25, -0.2) is 0 Å². The number of nitrogens with one attached hydrogen (secondary N) is 1. The van der Waals surface area contributed by atoms with Gasteiger partial charge in [0.1, 0.15) is 0 Å². The number of rotatable bonds is 5. The Morgan fingerprint density at radius 1 is 1.20 bits per heavy atom. The Morgan fingerprint density at radius 3 is 2.20 bits per heavy atom. The van der Waals surface area contributed by atoms with Gasteiger partial charge in [0.05, 0.1) is 25.1 Å². The molecule has 1 rings (SSSR count). The van der Waals surface area contributed by atoms with Crippen LogP contribution >= 0.6 is 12.4 Å².